The van der Waals surface area contributed by atoms with Crippen molar-refractivity contribution in [2.45, 2.75) is 65.0 Å². The Hall–Kier alpha value is -1.09. The fourth-order valence-electron chi connectivity index (χ4n) is 3.24. The van der Waals surface area contributed by atoms with E-state index in [-0.39, 0.29) is 11.9 Å². The molecule has 0 saturated carbocycles. The van der Waals surface area contributed by atoms with Crippen molar-refractivity contribution < 1.29 is 4.39 Å². The number of hydrogen-bond donors (Lipinski definition) is 1. The quantitative estimate of drug-likeness (QED) is 0.849. The number of nitrogens with one attached hydrogen (secondary N) is 1. The largest absolute Gasteiger partial charge is 0.369 e. The second kappa shape index (κ2) is 7.79. The van der Waals surface area contributed by atoms with Crippen LogP contribution >= 0.6 is 0 Å². The Morgan fingerprint density at radius 1 is 1.33 bits per heavy atom. The molecule has 2 atom stereocenters. The highest BCUT2D eigenvalue weighted by Gasteiger charge is 2.22. The van der Waals surface area contributed by atoms with Crippen LogP contribution < -0.4 is 10.2 Å². The van der Waals surface area contributed by atoms with Gasteiger partial charge in [0.2, 0.25) is 0 Å². The first kappa shape index (κ1) is 16.3. The maximum Gasteiger partial charge on any atom is 0.123 e. The van der Waals surface area contributed by atoms with Gasteiger partial charge in [-0.1, -0.05) is 19.8 Å². The van der Waals surface area contributed by atoms with E-state index in [9.17, 15) is 4.39 Å². The van der Waals surface area contributed by atoms with Crippen molar-refractivity contribution >= 4 is 5.69 Å². The number of anilines is 1. The van der Waals surface area contributed by atoms with Crippen LogP contribution in [0.4, 0.5) is 10.1 Å². The number of benzene rings is 1. The number of nitrogens with zero attached hydrogens (tertiary/aromatic N) is 1. The highest BCUT2D eigenvalue weighted by Crippen LogP contribution is 2.31. The molecule has 3 heteroatoms. The van der Waals surface area contributed by atoms with Crippen LogP contribution in [0.15, 0.2) is 18.2 Å². The van der Waals surface area contributed by atoms with E-state index in [1.54, 1.807) is 12.1 Å². The predicted molar refractivity (Wildman–Crippen MR) is 88.4 cm³/mol. The monoisotopic (exact) mass is 292 g/mol. The lowest BCUT2D eigenvalue weighted by atomic mass is 10.0. The highest BCUT2D eigenvalue weighted by atomic mass is 19.1. The number of halogens is 1. The second-order valence-electron chi connectivity index (χ2n) is 6.27. The fourth-order valence-corrected chi connectivity index (χ4v) is 3.24. The topological polar surface area (TPSA) is 15.3 Å². The molecule has 1 saturated heterocycles. The van der Waals surface area contributed by atoms with Crippen LogP contribution in [-0.4, -0.2) is 19.1 Å². The molecular weight excluding hydrogens is 263 g/mol. The fraction of sp³-hybridized carbons (Fsp3) is 0.667. The third-order valence-corrected chi connectivity index (χ3v) is 4.52. The minimum Gasteiger partial charge on any atom is -0.369 e. The van der Waals surface area contributed by atoms with Gasteiger partial charge in [-0.15, -0.1) is 0 Å². The number of hydrogen-bond acceptors (Lipinski definition) is 2. The van der Waals surface area contributed by atoms with Crippen LogP contribution in [0.5, 0.6) is 0 Å². The van der Waals surface area contributed by atoms with Gasteiger partial charge in [-0.3, -0.25) is 0 Å². The summed E-state index contributed by atoms with van der Waals surface area (Å²) in [7, 11) is 0. The van der Waals surface area contributed by atoms with E-state index in [4.69, 9.17) is 0 Å². The lowest BCUT2D eigenvalue weighted by Gasteiger charge is -2.33. The Kier molecular flexibility index (Phi) is 6.04. The molecule has 1 fully saturated rings. The van der Waals surface area contributed by atoms with E-state index in [0.717, 1.165) is 25.1 Å². The Morgan fingerprint density at radius 2 is 2.14 bits per heavy atom. The summed E-state index contributed by atoms with van der Waals surface area (Å²) in [6, 6.07) is 6.00. The van der Waals surface area contributed by atoms with Crippen LogP contribution in [0, 0.1) is 5.82 Å². The molecule has 0 spiro atoms. The molecule has 21 heavy (non-hydrogen) atoms. The summed E-state index contributed by atoms with van der Waals surface area (Å²) in [6.07, 6.45) is 6.17. The molecule has 0 aromatic heterocycles. The molecule has 0 amide bonds. The van der Waals surface area contributed by atoms with Crippen molar-refractivity contribution in [1.29, 1.82) is 0 Å². The van der Waals surface area contributed by atoms with Crippen LogP contribution in [0.1, 0.15) is 64.5 Å². The molecule has 118 valence electrons. The van der Waals surface area contributed by atoms with Gasteiger partial charge in [0.15, 0.2) is 0 Å². The zero-order valence-corrected chi connectivity index (χ0v) is 13.7. The Labute approximate surface area is 128 Å². The molecule has 1 aliphatic heterocycles. The molecule has 0 radical (unpaired) electrons. The van der Waals surface area contributed by atoms with Gasteiger partial charge in [0, 0.05) is 24.3 Å². The summed E-state index contributed by atoms with van der Waals surface area (Å²) in [5, 5.41) is 3.49. The van der Waals surface area contributed by atoms with Crippen LogP contribution in [0.3, 0.4) is 0 Å². The van der Waals surface area contributed by atoms with Gasteiger partial charge < -0.3 is 10.2 Å². The Balaban J connectivity index is 2.28. The van der Waals surface area contributed by atoms with Gasteiger partial charge >= 0.3 is 0 Å². The normalized spacial score (nSPS) is 21.1. The standard InChI is InChI=1S/C18H29FN2/c1-4-11-20-15(3)17-13-16(19)9-10-18(17)21-12-7-5-6-8-14(21)2/h9-10,13-15,20H,4-8,11-12H2,1-3H3. The first-order valence-electron chi connectivity index (χ1n) is 8.43. The Bertz CT molecular complexity index is 447. The van der Waals surface area contributed by atoms with Crippen molar-refractivity contribution in [2.75, 3.05) is 18.0 Å². The first-order chi connectivity index (χ1) is 10.1. The highest BCUT2D eigenvalue weighted by molar-refractivity contribution is 5.56. The first-order valence-corrected chi connectivity index (χ1v) is 8.43. The van der Waals surface area contributed by atoms with Crippen LogP contribution in [0.2, 0.25) is 0 Å². The molecule has 1 heterocycles. The molecule has 1 aliphatic rings. The van der Waals surface area contributed by atoms with E-state index in [2.05, 4.69) is 31.0 Å². The third kappa shape index (κ3) is 4.19. The maximum absolute atomic E-state index is 13.7. The second-order valence-corrected chi connectivity index (χ2v) is 6.27. The zero-order chi connectivity index (χ0) is 15.2. The molecular formula is C18H29FN2. The lowest BCUT2D eigenvalue weighted by molar-refractivity contribution is 0.554. The van der Waals surface area contributed by atoms with Gasteiger partial charge in [0.05, 0.1) is 0 Å². The zero-order valence-electron chi connectivity index (χ0n) is 13.7. The summed E-state index contributed by atoms with van der Waals surface area (Å²) in [5.41, 5.74) is 2.30. The summed E-state index contributed by atoms with van der Waals surface area (Å²) in [6.45, 7) is 8.63. The van der Waals surface area contributed by atoms with Crippen molar-refractivity contribution in [3.8, 4) is 0 Å². The van der Waals surface area contributed by atoms with E-state index < -0.39 is 0 Å². The van der Waals surface area contributed by atoms with Crippen molar-refractivity contribution in [1.82, 2.24) is 5.32 Å². The van der Waals surface area contributed by atoms with Gasteiger partial charge in [-0.25, -0.2) is 4.39 Å². The molecule has 2 nitrogen and oxygen atoms in total. The average Bonchev–Trinajstić information content (AvgIpc) is 2.69. The predicted octanol–water partition coefficient (Wildman–Crippen LogP) is 4.66. The molecule has 0 aliphatic carbocycles. The SMILES string of the molecule is CCCNC(C)c1cc(F)ccc1N1CCCCCC1C. The molecule has 2 unspecified atom stereocenters. The van der Waals surface area contributed by atoms with E-state index >= 15 is 0 Å². The van der Waals surface area contributed by atoms with E-state index in [0.29, 0.717) is 6.04 Å². The Morgan fingerprint density at radius 3 is 2.90 bits per heavy atom. The summed E-state index contributed by atoms with van der Waals surface area (Å²) < 4.78 is 13.7. The van der Waals surface area contributed by atoms with E-state index in [1.807, 2.05) is 6.07 Å². The van der Waals surface area contributed by atoms with E-state index in [1.165, 1.54) is 31.4 Å². The summed E-state index contributed by atoms with van der Waals surface area (Å²) in [5.74, 6) is -0.138. The van der Waals surface area contributed by atoms with Crippen molar-refractivity contribution in [3.05, 3.63) is 29.6 Å². The van der Waals surface area contributed by atoms with Gasteiger partial charge in [0.1, 0.15) is 5.82 Å². The van der Waals surface area contributed by atoms with Crippen molar-refractivity contribution in [2.24, 2.45) is 0 Å². The lowest BCUT2D eigenvalue weighted by Crippen LogP contribution is -2.34. The van der Waals surface area contributed by atoms with Crippen LogP contribution in [0.25, 0.3) is 0 Å². The molecule has 1 N–H and O–H groups in total. The minimum absolute atomic E-state index is 0.138. The van der Waals surface area contributed by atoms with Gasteiger partial charge in [0.25, 0.3) is 0 Å². The summed E-state index contributed by atoms with van der Waals surface area (Å²) >= 11 is 0. The third-order valence-electron chi connectivity index (χ3n) is 4.52. The molecule has 1 aromatic carbocycles. The van der Waals surface area contributed by atoms with Crippen LogP contribution in [-0.2, 0) is 0 Å². The minimum atomic E-state index is -0.138. The average molecular weight is 292 g/mol. The molecule has 1 aromatic rings. The number of rotatable bonds is 5. The van der Waals surface area contributed by atoms with Gasteiger partial charge in [-0.2, -0.15) is 0 Å². The van der Waals surface area contributed by atoms with Gasteiger partial charge in [-0.05, 0) is 63.4 Å². The maximum atomic E-state index is 13.7. The molecule has 2 rings (SSSR count). The summed E-state index contributed by atoms with van der Waals surface area (Å²) in [4.78, 5) is 2.48. The van der Waals surface area contributed by atoms with Crippen molar-refractivity contribution in [3.63, 3.8) is 0 Å². The smallest absolute Gasteiger partial charge is 0.123 e. The molecule has 0 bridgehead atoms.